The van der Waals surface area contributed by atoms with Crippen LogP contribution >= 0.6 is 0 Å². The summed E-state index contributed by atoms with van der Waals surface area (Å²) in [6, 6.07) is 0. The molecule has 3 saturated carbocycles. The number of hydrogen-bond acceptors (Lipinski definition) is 1. The van der Waals surface area contributed by atoms with E-state index in [1.165, 1.54) is 44.9 Å². The third-order valence-electron chi connectivity index (χ3n) is 7.57. The van der Waals surface area contributed by atoms with Crippen molar-refractivity contribution in [1.82, 2.24) is 0 Å². The zero-order chi connectivity index (χ0) is 14.0. The lowest BCUT2D eigenvalue weighted by Crippen LogP contribution is -2.48. The Kier molecular flexibility index (Phi) is 2.69. The summed E-state index contributed by atoms with van der Waals surface area (Å²) in [6.45, 7) is 5.05. The molecule has 0 aromatic carbocycles. The van der Waals surface area contributed by atoms with Crippen LogP contribution in [0.2, 0.25) is 0 Å². The Morgan fingerprint density at radius 1 is 1.10 bits per heavy atom. The molecule has 0 amide bonds. The average molecular weight is 272 g/mol. The standard InChI is InChI=1S/C19H28O/c1-18-9-3-4-16(18)15-6-5-13-12-14(20)7-11-19(13,2)17(15)8-10-18/h7,12,15-17,20H,3-6,8-11H2,1-2H3. The van der Waals surface area contributed by atoms with E-state index in [-0.39, 0.29) is 0 Å². The molecule has 0 bridgehead atoms. The second-order valence-electron chi connectivity index (χ2n) is 8.42. The molecule has 1 heteroatoms. The van der Waals surface area contributed by atoms with Gasteiger partial charge in [-0.05, 0) is 85.7 Å². The van der Waals surface area contributed by atoms with E-state index in [1.54, 1.807) is 5.57 Å². The molecular weight excluding hydrogens is 244 g/mol. The summed E-state index contributed by atoms with van der Waals surface area (Å²) in [5, 5.41) is 9.83. The van der Waals surface area contributed by atoms with E-state index >= 15 is 0 Å². The SMILES string of the molecule is CC12CCCC1C1CCC3=CC(O)=CCC3(C)C1CC2. The van der Waals surface area contributed by atoms with Crippen LogP contribution in [-0.4, -0.2) is 5.11 Å². The summed E-state index contributed by atoms with van der Waals surface area (Å²) >= 11 is 0. The third-order valence-corrected chi connectivity index (χ3v) is 7.57. The minimum absolute atomic E-state index is 0.346. The van der Waals surface area contributed by atoms with Gasteiger partial charge in [-0.1, -0.05) is 25.8 Å². The largest absolute Gasteiger partial charge is 0.508 e. The number of allylic oxidation sites excluding steroid dienone is 3. The maximum absolute atomic E-state index is 9.83. The maximum Gasteiger partial charge on any atom is 0.111 e. The van der Waals surface area contributed by atoms with Crippen LogP contribution < -0.4 is 0 Å². The molecule has 0 aromatic heterocycles. The Labute approximate surface area is 123 Å². The summed E-state index contributed by atoms with van der Waals surface area (Å²) < 4.78 is 0. The van der Waals surface area contributed by atoms with Crippen LogP contribution in [0, 0.1) is 28.6 Å². The molecule has 110 valence electrons. The Morgan fingerprint density at radius 2 is 1.95 bits per heavy atom. The van der Waals surface area contributed by atoms with Crippen molar-refractivity contribution in [3.63, 3.8) is 0 Å². The summed E-state index contributed by atoms with van der Waals surface area (Å²) in [4.78, 5) is 0. The first-order valence-corrected chi connectivity index (χ1v) is 8.63. The van der Waals surface area contributed by atoms with Gasteiger partial charge in [0.15, 0.2) is 0 Å². The van der Waals surface area contributed by atoms with Crippen LogP contribution in [0.25, 0.3) is 0 Å². The zero-order valence-electron chi connectivity index (χ0n) is 13.0. The summed E-state index contributed by atoms with van der Waals surface area (Å²) in [7, 11) is 0. The topological polar surface area (TPSA) is 20.2 Å². The highest BCUT2D eigenvalue weighted by Gasteiger charge is 2.55. The summed E-state index contributed by atoms with van der Waals surface area (Å²) in [5.74, 6) is 3.31. The molecule has 4 aliphatic carbocycles. The molecule has 0 heterocycles. The smallest absolute Gasteiger partial charge is 0.111 e. The normalized spacial score (nSPS) is 50.6. The highest BCUT2D eigenvalue weighted by molar-refractivity contribution is 5.32. The van der Waals surface area contributed by atoms with Crippen molar-refractivity contribution in [1.29, 1.82) is 0 Å². The first-order chi connectivity index (χ1) is 9.53. The molecule has 0 aliphatic heterocycles. The van der Waals surface area contributed by atoms with E-state index in [0.717, 1.165) is 24.2 Å². The first kappa shape index (κ1) is 13.0. The van der Waals surface area contributed by atoms with Gasteiger partial charge in [0.25, 0.3) is 0 Å². The van der Waals surface area contributed by atoms with Gasteiger partial charge in [-0.2, -0.15) is 0 Å². The molecule has 0 aromatic rings. The maximum atomic E-state index is 9.83. The van der Waals surface area contributed by atoms with Crippen LogP contribution in [0.4, 0.5) is 0 Å². The monoisotopic (exact) mass is 272 g/mol. The van der Waals surface area contributed by atoms with Gasteiger partial charge in [0, 0.05) is 0 Å². The molecular formula is C19H28O. The molecule has 5 unspecified atom stereocenters. The van der Waals surface area contributed by atoms with Crippen molar-refractivity contribution < 1.29 is 5.11 Å². The first-order valence-electron chi connectivity index (χ1n) is 8.63. The highest BCUT2D eigenvalue weighted by Crippen LogP contribution is 2.65. The van der Waals surface area contributed by atoms with Crippen LogP contribution in [0.5, 0.6) is 0 Å². The van der Waals surface area contributed by atoms with E-state index in [1.807, 2.05) is 0 Å². The van der Waals surface area contributed by atoms with E-state index in [2.05, 4.69) is 26.0 Å². The molecule has 0 spiro atoms. The van der Waals surface area contributed by atoms with E-state index in [9.17, 15) is 5.11 Å². The Bertz CT molecular complexity index is 488. The average Bonchev–Trinajstić information content (AvgIpc) is 2.81. The van der Waals surface area contributed by atoms with Crippen molar-refractivity contribution >= 4 is 0 Å². The van der Waals surface area contributed by atoms with Gasteiger partial charge in [-0.15, -0.1) is 0 Å². The lowest BCUT2D eigenvalue weighted by Gasteiger charge is -2.57. The molecule has 1 N–H and O–H groups in total. The quantitative estimate of drug-likeness (QED) is 0.626. The minimum atomic E-state index is 0.346. The van der Waals surface area contributed by atoms with Gasteiger partial charge in [-0.25, -0.2) is 0 Å². The molecule has 3 fully saturated rings. The second-order valence-corrected chi connectivity index (χ2v) is 8.42. The predicted octanol–water partition coefficient (Wildman–Crippen LogP) is 5.39. The fraction of sp³-hybridized carbons (Fsp3) is 0.789. The molecule has 5 atom stereocenters. The fourth-order valence-corrected chi connectivity index (χ4v) is 6.39. The fourth-order valence-electron chi connectivity index (χ4n) is 6.39. The lowest BCUT2D eigenvalue weighted by atomic mass is 9.48. The minimum Gasteiger partial charge on any atom is -0.508 e. The van der Waals surface area contributed by atoms with Crippen LogP contribution in [0.3, 0.4) is 0 Å². The number of aliphatic hydroxyl groups excluding tert-OH is 1. The Morgan fingerprint density at radius 3 is 2.80 bits per heavy atom. The van der Waals surface area contributed by atoms with E-state index in [4.69, 9.17) is 0 Å². The molecule has 20 heavy (non-hydrogen) atoms. The Hall–Kier alpha value is -0.720. The lowest BCUT2D eigenvalue weighted by molar-refractivity contribution is -0.0306. The van der Waals surface area contributed by atoms with Crippen LogP contribution in [0.15, 0.2) is 23.5 Å². The molecule has 0 radical (unpaired) electrons. The van der Waals surface area contributed by atoms with Crippen molar-refractivity contribution in [3.05, 3.63) is 23.5 Å². The number of fused-ring (bicyclic) bond motifs is 5. The number of aliphatic hydroxyl groups is 1. The van der Waals surface area contributed by atoms with Gasteiger partial charge in [0.2, 0.25) is 0 Å². The van der Waals surface area contributed by atoms with Crippen molar-refractivity contribution in [2.24, 2.45) is 28.6 Å². The Balaban J connectivity index is 1.68. The predicted molar refractivity (Wildman–Crippen MR) is 82.4 cm³/mol. The van der Waals surface area contributed by atoms with E-state index in [0.29, 0.717) is 16.6 Å². The molecule has 0 saturated heterocycles. The zero-order valence-corrected chi connectivity index (χ0v) is 13.0. The van der Waals surface area contributed by atoms with Gasteiger partial charge in [-0.3, -0.25) is 0 Å². The van der Waals surface area contributed by atoms with Crippen LogP contribution in [-0.2, 0) is 0 Å². The molecule has 1 nitrogen and oxygen atoms in total. The van der Waals surface area contributed by atoms with Crippen molar-refractivity contribution in [2.75, 3.05) is 0 Å². The van der Waals surface area contributed by atoms with Crippen molar-refractivity contribution in [2.45, 2.75) is 65.2 Å². The van der Waals surface area contributed by atoms with Gasteiger partial charge >= 0.3 is 0 Å². The highest BCUT2D eigenvalue weighted by atomic mass is 16.3. The number of hydrogen-bond donors (Lipinski definition) is 1. The van der Waals surface area contributed by atoms with Crippen molar-refractivity contribution in [3.8, 4) is 0 Å². The molecule has 4 rings (SSSR count). The van der Waals surface area contributed by atoms with Crippen LogP contribution in [0.1, 0.15) is 65.2 Å². The van der Waals surface area contributed by atoms with Gasteiger partial charge in [0.05, 0.1) is 0 Å². The van der Waals surface area contributed by atoms with Gasteiger partial charge < -0.3 is 5.11 Å². The molecule has 4 aliphatic rings. The second kappa shape index (κ2) is 4.15. The third kappa shape index (κ3) is 1.61. The summed E-state index contributed by atoms with van der Waals surface area (Å²) in [5.41, 5.74) is 2.55. The number of rotatable bonds is 0. The van der Waals surface area contributed by atoms with E-state index < -0.39 is 0 Å². The summed E-state index contributed by atoms with van der Waals surface area (Å²) in [6.07, 6.45) is 15.1. The van der Waals surface area contributed by atoms with Gasteiger partial charge in [0.1, 0.15) is 5.76 Å².